The first kappa shape index (κ1) is 16.5. The fourth-order valence-corrected chi connectivity index (χ4v) is 3.30. The van der Waals surface area contributed by atoms with Gasteiger partial charge in [-0.2, -0.15) is 0 Å². The first-order valence-corrected chi connectivity index (χ1v) is 8.46. The molecule has 2 rings (SSSR count). The Bertz CT molecular complexity index is 430. The molecular weight excluding hydrogens is 256 g/mol. The summed E-state index contributed by atoms with van der Waals surface area (Å²) in [5.41, 5.74) is 9.09. The van der Waals surface area contributed by atoms with E-state index in [0.717, 1.165) is 5.92 Å². The average Bonchev–Trinajstić information content (AvgIpc) is 2.65. The first-order valence-electron chi connectivity index (χ1n) is 8.46. The molecule has 0 saturated carbocycles. The highest BCUT2D eigenvalue weighted by molar-refractivity contribution is 5.29. The lowest BCUT2D eigenvalue weighted by atomic mass is 9.86. The number of benzene rings is 1. The van der Waals surface area contributed by atoms with Crippen molar-refractivity contribution in [1.29, 1.82) is 0 Å². The van der Waals surface area contributed by atoms with E-state index >= 15 is 0 Å². The predicted octanol–water partition coefficient (Wildman–Crippen LogP) is 4.11. The Labute approximate surface area is 130 Å². The van der Waals surface area contributed by atoms with E-state index in [1.54, 1.807) is 0 Å². The van der Waals surface area contributed by atoms with Gasteiger partial charge < -0.3 is 5.73 Å². The van der Waals surface area contributed by atoms with Gasteiger partial charge in [-0.05, 0) is 54.8 Å². The molecule has 1 aliphatic rings. The van der Waals surface area contributed by atoms with Crippen molar-refractivity contribution in [3.63, 3.8) is 0 Å². The van der Waals surface area contributed by atoms with Crippen LogP contribution in [0.25, 0.3) is 0 Å². The Morgan fingerprint density at radius 2 is 1.81 bits per heavy atom. The number of hydrogen-bond acceptors (Lipinski definition) is 2. The van der Waals surface area contributed by atoms with Crippen LogP contribution in [0, 0.1) is 5.92 Å². The van der Waals surface area contributed by atoms with E-state index in [0.29, 0.717) is 12.6 Å². The molecule has 0 radical (unpaired) electrons. The van der Waals surface area contributed by atoms with Crippen LogP contribution in [0.5, 0.6) is 0 Å². The van der Waals surface area contributed by atoms with Crippen LogP contribution in [0.4, 0.5) is 0 Å². The Morgan fingerprint density at radius 3 is 2.38 bits per heavy atom. The minimum Gasteiger partial charge on any atom is -0.329 e. The van der Waals surface area contributed by atoms with E-state index in [2.05, 4.69) is 56.9 Å². The van der Waals surface area contributed by atoms with Gasteiger partial charge in [0.2, 0.25) is 0 Å². The minimum atomic E-state index is 0.217. The summed E-state index contributed by atoms with van der Waals surface area (Å²) in [6, 6.07) is 9.50. The van der Waals surface area contributed by atoms with Crippen molar-refractivity contribution in [3.05, 3.63) is 35.4 Å². The molecule has 1 fully saturated rings. The Morgan fingerprint density at radius 1 is 1.14 bits per heavy atom. The molecule has 1 saturated heterocycles. The maximum atomic E-state index is 6.10. The monoisotopic (exact) mass is 288 g/mol. The van der Waals surface area contributed by atoms with Crippen molar-refractivity contribution >= 4 is 0 Å². The maximum absolute atomic E-state index is 6.10. The summed E-state index contributed by atoms with van der Waals surface area (Å²) in [6.07, 6.45) is 3.96. The molecule has 0 bridgehead atoms. The van der Waals surface area contributed by atoms with Gasteiger partial charge in [-0.25, -0.2) is 0 Å². The zero-order valence-electron chi connectivity index (χ0n) is 14.2. The third-order valence-corrected chi connectivity index (χ3v) is 4.88. The number of nitrogens with two attached hydrogens (primary N) is 1. The second-order valence-corrected chi connectivity index (χ2v) is 7.70. The van der Waals surface area contributed by atoms with Crippen molar-refractivity contribution in [1.82, 2.24) is 4.90 Å². The highest BCUT2D eigenvalue weighted by Crippen LogP contribution is 2.28. The summed E-state index contributed by atoms with van der Waals surface area (Å²) in [4.78, 5) is 2.59. The van der Waals surface area contributed by atoms with E-state index in [1.165, 1.54) is 43.5 Å². The summed E-state index contributed by atoms with van der Waals surface area (Å²) >= 11 is 0. The van der Waals surface area contributed by atoms with Crippen LogP contribution < -0.4 is 5.73 Å². The van der Waals surface area contributed by atoms with Crippen molar-refractivity contribution in [3.8, 4) is 0 Å². The van der Waals surface area contributed by atoms with E-state index in [-0.39, 0.29) is 5.41 Å². The van der Waals surface area contributed by atoms with Gasteiger partial charge in [0.15, 0.2) is 0 Å². The second kappa shape index (κ2) is 6.93. The summed E-state index contributed by atoms with van der Waals surface area (Å²) in [5, 5.41) is 0. The molecule has 2 nitrogen and oxygen atoms in total. The lowest BCUT2D eigenvalue weighted by Crippen LogP contribution is -2.34. The third kappa shape index (κ3) is 4.31. The lowest BCUT2D eigenvalue weighted by molar-refractivity contribution is 0.207. The van der Waals surface area contributed by atoms with Gasteiger partial charge in [0.25, 0.3) is 0 Å². The summed E-state index contributed by atoms with van der Waals surface area (Å²) in [6.45, 7) is 12.2. The second-order valence-electron chi connectivity index (χ2n) is 7.70. The molecule has 0 spiro atoms. The Hall–Kier alpha value is -0.860. The highest BCUT2D eigenvalue weighted by atomic mass is 15.2. The van der Waals surface area contributed by atoms with Gasteiger partial charge in [-0.3, -0.25) is 4.90 Å². The largest absolute Gasteiger partial charge is 0.329 e. The first-order chi connectivity index (χ1) is 9.91. The fourth-order valence-electron chi connectivity index (χ4n) is 3.30. The predicted molar refractivity (Wildman–Crippen MR) is 91.5 cm³/mol. The smallest absolute Gasteiger partial charge is 0.0470 e. The Balaban J connectivity index is 2.13. The SMILES string of the molecule is CC1CCCN(C(CN)c2ccc(C(C)(C)C)cc2)CC1. The molecule has 2 N–H and O–H groups in total. The molecule has 0 aliphatic carbocycles. The topological polar surface area (TPSA) is 29.3 Å². The van der Waals surface area contributed by atoms with Gasteiger partial charge in [-0.1, -0.05) is 52.0 Å². The van der Waals surface area contributed by atoms with Crippen LogP contribution in [0.1, 0.15) is 64.1 Å². The molecule has 118 valence electrons. The molecule has 1 heterocycles. The lowest BCUT2D eigenvalue weighted by Gasteiger charge is -2.30. The summed E-state index contributed by atoms with van der Waals surface area (Å²) in [5.74, 6) is 0.858. The van der Waals surface area contributed by atoms with Crippen molar-refractivity contribution in [2.24, 2.45) is 11.7 Å². The summed E-state index contributed by atoms with van der Waals surface area (Å²) < 4.78 is 0. The molecule has 1 aliphatic heterocycles. The van der Waals surface area contributed by atoms with Crippen LogP contribution >= 0.6 is 0 Å². The molecule has 2 atom stereocenters. The number of hydrogen-bond donors (Lipinski definition) is 1. The van der Waals surface area contributed by atoms with Crippen molar-refractivity contribution in [2.45, 2.75) is 58.4 Å². The van der Waals surface area contributed by atoms with Crippen LogP contribution in [0.3, 0.4) is 0 Å². The van der Waals surface area contributed by atoms with Gasteiger partial charge in [0.1, 0.15) is 0 Å². The quantitative estimate of drug-likeness (QED) is 0.907. The van der Waals surface area contributed by atoms with Crippen molar-refractivity contribution in [2.75, 3.05) is 19.6 Å². The standard InChI is InChI=1S/C19H32N2/c1-15-6-5-12-21(13-11-15)18(14-20)16-7-9-17(10-8-16)19(2,3)4/h7-10,15,18H,5-6,11-14,20H2,1-4H3. The highest BCUT2D eigenvalue weighted by Gasteiger charge is 2.22. The van der Waals surface area contributed by atoms with E-state index in [1.807, 2.05) is 0 Å². The number of rotatable bonds is 3. The van der Waals surface area contributed by atoms with Crippen LogP contribution in [0.15, 0.2) is 24.3 Å². The molecule has 0 aromatic heterocycles. The van der Waals surface area contributed by atoms with E-state index in [4.69, 9.17) is 5.73 Å². The van der Waals surface area contributed by atoms with Crippen molar-refractivity contribution < 1.29 is 0 Å². The zero-order chi connectivity index (χ0) is 15.5. The van der Waals surface area contributed by atoms with Gasteiger partial charge in [-0.15, -0.1) is 0 Å². The molecule has 2 heteroatoms. The van der Waals surface area contributed by atoms with E-state index in [9.17, 15) is 0 Å². The Kier molecular flexibility index (Phi) is 5.45. The normalized spacial score (nSPS) is 22.8. The zero-order valence-corrected chi connectivity index (χ0v) is 14.2. The van der Waals surface area contributed by atoms with Gasteiger partial charge in [0, 0.05) is 12.6 Å². The number of likely N-dealkylation sites (tertiary alicyclic amines) is 1. The van der Waals surface area contributed by atoms with E-state index < -0.39 is 0 Å². The van der Waals surface area contributed by atoms with Gasteiger partial charge in [0.05, 0.1) is 0 Å². The molecule has 2 unspecified atom stereocenters. The maximum Gasteiger partial charge on any atom is 0.0470 e. The molecule has 1 aromatic carbocycles. The van der Waals surface area contributed by atoms with Crippen LogP contribution in [-0.2, 0) is 5.41 Å². The fraction of sp³-hybridized carbons (Fsp3) is 0.684. The molecule has 1 aromatic rings. The molecular formula is C19H32N2. The third-order valence-electron chi connectivity index (χ3n) is 4.88. The average molecular weight is 288 g/mol. The molecule has 0 amide bonds. The van der Waals surface area contributed by atoms with Crippen LogP contribution in [-0.4, -0.2) is 24.5 Å². The van der Waals surface area contributed by atoms with Gasteiger partial charge >= 0.3 is 0 Å². The minimum absolute atomic E-state index is 0.217. The summed E-state index contributed by atoms with van der Waals surface area (Å²) in [7, 11) is 0. The van der Waals surface area contributed by atoms with Crippen LogP contribution in [0.2, 0.25) is 0 Å². The molecule has 21 heavy (non-hydrogen) atoms. The number of nitrogens with zero attached hydrogens (tertiary/aromatic N) is 1.